The number of carbonyl (C=O) groups excluding carboxylic acids is 1. The molecule has 0 aliphatic rings. The largest absolute Gasteiger partial charge is 0.356 e. The number of nitrogens with one attached hydrogen (secondary N) is 1. The molecule has 0 aliphatic heterocycles. The van der Waals surface area contributed by atoms with Crippen LogP contribution in [0, 0.1) is 12.8 Å². The fourth-order valence-corrected chi connectivity index (χ4v) is 2.82. The molecule has 0 saturated heterocycles. The predicted octanol–water partition coefficient (Wildman–Crippen LogP) is 1.92. The van der Waals surface area contributed by atoms with Gasteiger partial charge in [0.05, 0.1) is 6.26 Å². The highest BCUT2D eigenvalue weighted by atomic mass is 32.2. The van der Waals surface area contributed by atoms with E-state index in [2.05, 4.69) is 5.32 Å². The molecule has 0 spiro atoms. The maximum atomic E-state index is 11.9. The normalized spacial score (nSPS) is 11.9. The van der Waals surface area contributed by atoms with Gasteiger partial charge in [-0.2, -0.15) is 4.31 Å². The number of hydrogen-bond acceptors (Lipinski definition) is 3. The van der Waals surface area contributed by atoms with E-state index in [0.717, 1.165) is 11.1 Å². The Morgan fingerprint density at radius 1 is 1.32 bits per heavy atom. The molecule has 22 heavy (non-hydrogen) atoms. The Balaban J connectivity index is 2.65. The number of amides is 1. The summed E-state index contributed by atoms with van der Waals surface area (Å²) >= 11 is 0. The van der Waals surface area contributed by atoms with Crippen molar-refractivity contribution in [2.45, 2.75) is 33.7 Å². The van der Waals surface area contributed by atoms with Gasteiger partial charge < -0.3 is 5.32 Å². The first-order valence-corrected chi connectivity index (χ1v) is 9.30. The molecule has 1 amide bonds. The Hall–Kier alpha value is -1.40. The first-order chi connectivity index (χ1) is 10.2. The number of rotatable bonds is 8. The van der Waals surface area contributed by atoms with E-state index in [-0.39, 0.29) is 25.4 Å². The van der Waals surface area contributed by atoms with Crippen molar-refractivity contribution >= 4 is 15.9 Å². The van der Waals surface area contributed by atoms with Crippen LogP contribution in [0.1, 0.15) is 31.4 Å². The quantitative estimate of drug-likeness (QED) is 0.793. The third-order valence-electron chi connectivity index (χ3n) is 3.21. The minimum Gasteiger partial charge on any atom is -0.356 e. The van der Waals surface area contributed by atoms with Gasteiger partial charge in [0, 0.05) is 26.1 Å². The van der Waals surface area contributed by atoms with Gasteiger partial charge in [-0.3, -0.25) is 4.79 Å². The number of sulfonamides is 1. The number of benzene rings is 1. The third kappa shape index (κ3) is 7.04. The molecule has 0 heterocycles. The lowest BCUT2D eigenvalue weighted by Crippen LogP contribution is -2.35. The van der Waals surface area contributed by atoms with Crippen LogP contribution < -0.4 is 5.32 Å². The van der Waals surface area contributed by atoms with E-state index in [1.807, 2.05) is 45.0 Å². The number of carbonyl (C=O) groups is 1. The summed E-state index contributed by atoms with van der Waals surface area (Å²) < 4.78 is 25.1. The van der Waals surface area contributed by atoms with Crippen molar-refractivity contribution in [2.75, 3.05) is 19.3 Å². The molecule has 1 N–H and O–H groups in total. The van der Waals surface area contributed by atoms with Crippen molar-refractivity contribution in [2.24, 2.45) is 5.92 Å². The Labute approximate surface area is 133 Å². The monoisotopic (exact) mass is 326 g/mol. The lowest BCUT2D eigenvalue weighted by atomic mass is 10.1. The summed E-state index contributed by atoms with van der Waals surface area (Å²) in [6.07, 6.45) is 1.35. The summed E-state index contributed by atoms with van der Waals surface area (Å²) in [5, 5.41) is 2.80. The predicted molar refractivity (Wildman–Crippen MR) is 88.9 cm³/mol. The van der Waals surface area contributed by atoms with Crippen LogP contribution in [-0.4, -0.2) is 38.0 Å². The summed E-state index contributed by atoms with van der Waals surface area (Å²) in [5.41, 5.74) is 2.01. The fourth-order valence-electron chi connectivity index (χ4n) is 2.01. The van der Waals surface area contributed by atoms with Gasteiger partial charge in [0.25, 0.3) is 0 Å². The Kier molecular flexibility index (Phi) is 7.03. The van der Waals surface area contributed by atoms with Crippen LogP contribution in [0.2, 0.25) is 0 Å². The molecule has 1 rings (SSSR count). The average molecular weight is 326 g/mol. The molecule has 0 aromatic heterocycles. The molecular formula is C16H26N2O3S. The highest BCUT2D eigenvalue weighted by Crippen LogP contribution is 2.11. The maximum Gasteiger partial charge on any atom is 0.221 e. The molecule has 0 radical (unpaired) electrons. The third-order valence-corrected chi connectivity index (χ3v) is 4.46. The number of nitrogens with zero attached hydrogens (tertiary/aromatic N) is 1. The average Bonchev–Trinajstić information content (AvgIpc) is 2.40. The molecule has 1 aromatic rings. The minimum atomic E-state index is -3.35. The van der Waals surface area contributed by atoms with Crippen molar-refractivity contribution in [1.29, 1.82) is 0 Å². The molecular weight excluding hydrogens is 300 g/mol. The lowest BCUT2D eigenvalue weighted by Gasteiger charge is -2.20. The highest BCUT2D eigenvalue weighted by Gasteiger charge is 2.18. The second-order valence-electron chi connectivity index (χ2n) is 6.03. The van der Waals surface area contributed by atoms with Crippen molar-refractivity contribution in [1.82, 2.24) is 9.62 Å². The molecule has 0 saturated carbocycles. The van der Waals surface area contributed by atoms with Gasteiger partial charge in [0.15, 0.2) is 0 Å². The van der Waals surface area contributed by atoms with Crippen LogP contribution in [0.15, 0.2) is 24.3 Å². The van der Waals surface area contributed by atoms with Gasteiger partial charge in [-0.25, -0.2) is 8.42 Å². The fraction of sp³-hybridized carbons (Fsp3) is 0.562. The molecule has 0 aliphatic carbocycles. The summed E-state index contributed by atoms with van der Waals surface area (Å²) in [6, 6.07) is 7.72. The van der Waals surface area contributed by atoms with Gasteiger partial charge in [0.1, 0.15) is 0 Å². The van der Waals surface area contributed by atoms with Crippen LogP contribution in [0.5, 0.6) is 0 Å². The summed E-state index contributed by atoms with van der Waals surface area (Å²) in [5.74, 6) is 0.258. The van der Waals surface area contributed by atoms with E-state index in [0.29, 0.717) is 12.5 Å². The van der Waals surface area contributed by atoms with Crippen molar-refractivity contribution in [3.63, 3.8) is 0 Å². The number of hydrogen-bond donors (Lipinski definition) is 1. The van der Waals surface area contributed by atoms with E-state index >= 15 is 0 Å². The zero-order chi connectivity index (χ0) is 16.8. The van der Waals surface area contributed by atoms with Gasteiger partial charge in [-0.1, -0.05) is 43.7 Å². The van der Waals surface area contributed by atoms with Crippen molar-refractivity contribution in [3.05, 3.63) is 35.4 Å². The van der Waals surface area contributed by atoms with Gasteiger partial charge >= 0.3 is 0 Å². The standard InChI is InChI=1S/C16H26N2O3S/c1-13(2)11-17-16(19)8-9-18(22(4,20)21)12-15-7-5-6-14(3)10-15/h5-7,10,13H,8-9,11-12H2,1-4H3,(H,17,19). The zero-order valence-electron chi connectivity index (χ0n) is 13.8. The SMILES string of the molecule is Cc1cccc(CN(CCC(=O)NCC(C)C)S(C)(=O)=O)c1. The Morgan fingerprint density at radius 2 is 2.00 bits per heavy atom. The zero-order valence-corrected chi connectivity index (χ0v) is 14.6. The van der Waals surface area contributed by atoms with E-state index in [4.69, 9.17) is 0 Å². The first-order valence-electron chi connectivity index (χ1n) is 7.46. The molecule has 0 atom stereocenters. The number of aryl methyl sites for hydroxylation is 1. The van der Waals surface area contributed by atoms with E-state index in [1.165, 1.54) is 10.6 Å². The summed E-state index contributed by atoms with van der Waals surface area (Å²) in [6.45, 7) is 7.08. The van der Waals surface area contributed by atoms with E-state index < -0.39 is 10.0 Å². The highest BCUT2D eigenvalue weighted by molar-refractivity contribution is 7.88. The molecule has 0 fully saturated rings. The minimum absolute atomic E-state index is 0.119. The lowest BCUT2D eigenvalue weighted by molar-refractivity contribution is -0.121. The molecule has 0 unspecified atom stereocenters. The first kappa shape index (κ1) is 18.6. The molecule has 5 nitrogen and oxygen atoms in total. The maximum absolute atomic E-state index is 11.9. The second kappa shape index (κ2) is 8.29. The van der Waals surface area contributed by atoms with E-state index in [1.54, 1.807) is 0 Å². The van der Waals surface area contributed by atoms with Gasteiger partial charge in [-0.05, 0) is 18.4 Å². The van der Waals surface area contributed by atoms with Crippen LogP contribution >= 0.6 is 0 Å². The van der Waals surface area contributed by atoms with Crippen LogP contribution in [0.25, 0.3) is 0 Å². The molecule has 0 bridgehead atoms. The van der Waals surface area contributed by atoms with Gasteiger partial charge in [0.2, 0.25) is 15.9 Å². The van der Waals surface area contributed by atoms with Crippen LogP contribution in [-0.2, 0) is 21.4 Å². The van der Waals surface area contributed by atoms with Crippen molar-refractivity contribution in [3.8, 4) is 0 Å². The summed E-state index contributed by atoms with van der Waals surface area (Å²) in [4.78, 5) is 11.8. The smallest absolute Gasteiger partial charge is 0.221 e. The van der Waals surface area contributed by atoms with Crippen LogP contribution in [0.4, 0.5) is 0 Å². The topological polar surface area (TPSA) is 66.5 Å². The van der Waals surface area contributed by atoms with Crippen molar-refractivity contribution < 1.29 is 13.2 Å². The second-order valence-corrected chi connectivity index (χ2v) is 8.02. The molecule has 6 heteroatoms. The summed E-state index contributed by atoms with van der Waals surface area (Å²) in [7, 11) is -3.35. The van der Waals surface area contributed by atoms with E-state index in [9.17, 15) is 13.2 Å². The molecule has 1 aromatic carbocycles. The molecule has 124 valence electrons. The van der Waals surface area contributed by atoms with Gasteiger partial charge in [-0.15, -0.1) is 0 Å². The Bertz CT molecular complexity index is 597. The Morgan fingerprint density at radius 3 is 2.55 bits per heavy atom. The van der Waals surface area contributed by atoms with Crippen LogP contribution in [0.3, 0.4) is 0 Å².